The third-order valence-corrected chi connectivity index (χ3v) is 354. The largest absolute Gasteiger partial charge is 0.0628 e. The van der Waals surface area contributed by atoms with Gasteiger partial charge in [-0.1, -0.05) is 249 Å². The summed E-state index contributed by atoms with van der Waals surface area (Å²) < 4.78 is 0. The highest BCUT2D eigenvalue weighted by Gasteiger charge is 3.47. The highest BCUT2D eigenvalue weighted by Crippen LogP contribution is 3.15. The van der Waals surface area contributed by atoms with Crippen molar-refractivity contribution < 1.29 is 0 Å². The first-order chi connectivity index (χ1) is 23.5. The average Bonchev–Trinajstić information content (AvgIpc) is 3.66. The molecule has 0 radical (unpaired) electrons. The van der Waals surface area contributed by atoms with Crippen LogP contribution in [0.5, 0.6) is 0 Å². The minimum Gasteiger partial charge on any atom is -0.0628 e. The second-order valence-corrected chi connectivity index (χ2v) is 144. The van der Waals surface area contributed by atoms with Gasteiger partial charge in [0.25, 0.3) is 0 Å². The Bertz CT molecular complexity index is 1150. The van der Waals surface area contributed by atoms with Crippen molar-refractivity contribution in [1.29, 1.82) is 0 Å². The van der Waals surface area contributed by atoms with Gasteiger partial charge < -0.3 is 0 Å². The Morgan fingerprint density at radius 2 is 0.196 bits per heavy atom. The van der Waals surface area contributed by atoms with Crippen molar-refractivity contribution in [2.75, 3.05) is 0 Å². The van der Waals surface area contributed by atoms with Gasteiger partial charge in [0.1, 0.15) is 0 Å². The van der Waals surface area contributed by atoms with E-state index in [0.29, 0.717) is 60.5 Å². The van der Waals surface area contributed by atoms with E-state index in [-0.39, 0.29) is 0 Å². The van der Waals surface area contributed by atoms with E-state index in [1.807, 2.05) is 0 Å². The fourth-order valence-electron chi connectivity index (χ4n) is 25.7. The van der Waals surface area contributed by atoms with Gasteiger partial charge in [-0.25, -0.2) is 0 Å². The van der Waals surface area contributed by atoms with E-state index < -0.39 is 54.9 Å². The van der Waals surface area contributed by atoms with Gasteiger partial charge in [0.2, 0.25) is 0 Å². The van der Waals surface area contributed by atoms with E-state index in [9.17, 15) is 0 Å². The summed E-state index contributed by atoms with van der Waals surface area (Å²) in [6, 6.07) is 0. The normalized spacial score (nSPS) is 29.4. The summed E-state index contributed by atoms with van der Waals surface area (Å²) in [7, 11) is -8.83. The van der Waals surface area contributed by atoms with E-state index in [1.54, 1.807) is 0 Å². The third-order valence-electron chi connectivity index (χ3n) is 18.9. The van der Waals surface area contributed by atoms with Crippen LogP contribution < -0.4 is 0 Å². The maximum Gasteiger partial charge on any atom is 0.0540 e. The van der Waals surface area contributed by atoms with Crippen LogP contribution in [0.15, 0.2) is 0 Å². The first kappa shape index (κ1) is 52.1. The van der Waals surface area contributed by atoms with Gasteiger partial charge in [-0.05, 0) is 60.5 Å². The molecule has 0 nitrogen and oxygen atoms in total. The monoisotopic (exact) mass is 909 g/mol. The SMILES string of the molecule is CC(C)(C)[Si](C(C)(C)C)(C(C)(C)C)[Si]12[Si]3([Si](C(C)(C)C)(C(C)(C)C)C(C)(C)C)[Si]1([Si](C(C)(C)C)(C(C)(C)C)C(C)(C)C)[Si]23[Si](C(C)(C)C)(C(C)(C)C)C(C)(C)C. The van der Waals surface area contributed by atoms with Crippen LogP contribution in [0.4, 0.5) is 0 Å². The lowest BCUT2D eigenvalue weighted by Crippen LogP contribution is -2.72. The molecule has 4 heterocycles. The van der Waals surface area contributed by atoms with E-state index in [4.69, 9.17) is 0 Å². The fraction of sp³-hybridized carbons (Fsp3) is 1.00. The predicted molar refractivity (Wildman–Crippen MR) is 283 cm³/mol. The molecule has 0 aromatic heterocycles. The summed E-state index contributed by atoms with van der Waals surface area (Å²) in [4.78, 5) is 0. The van der Waals surface area contributed by atoms with E-state index >= 15 is 0 Å². The zero-order chi connectivity index (χ0) is 46.0. The minimum atomic E-state index is -2.21. The zero-order valence-electron chi connectivity index (χ0n) is 46.0. The highest BCUT2D eigenvalue weighted by molar-refractivity contribution is 9.11. The van der Waals surface area contributed by atoms with Crippen LogP contribution >= 0.6 is 0 Å². The molecule has 0 spiro atoms. The lowest BCUT2D eigenvalue weighted by molar-refractivity contribution is 0.553. The molecule has 0 saturated carbocycles. The molecule has 4 saturated heterocycles. The van der Waals surface area contributed by atoms with Crippen molar-refractivity contribution in [2.45, 2.75) is 310 Å². The molecule has 4 aliphatic rings. The smallest absolute Gasteiger partial charge is 0.0540 e. The van der Waals surface area contributed by atoms with Crippen LogP contribution in [0, 0.1) is 0 Å². The van der Waals surface area contributed by atoms with Gasteiger partial charge in [0.15, 0.2) is 0 Å². The van der Waals surface area contributed by atoms with Gasteiger partial charge in [-0.3, -0.25) is 0 Å². The highest BCUT2D eigenvalue weighted by atomic mass is 31.4. The molecule has 0 unspecified atom stereocenters. The molecule has 0 N–H and O–H groups in total. The number of hydrogen-bond acceptors (Lipinski definition) is 0. The molecule has 0 atom stereocenters. The standard InChI is InChI=1S/C48H108Si8/c1-37(2,3)49(38(4,5)6,39(7,8)9)53-54(50(40(10,11)12,41(13,14)15)42(16,17)18)55(53,51(43(19,20)21,44(22,23)24)45(25,26)27)56(53,54)52(46(28,29)30,47(31,32)33)48(34,35)36/h1-36H3. The molecule has 8 heteroatoms. The summed E-state index contributed by atoms with van der Waals surface area (Å²) in [5.41, 5.74) is 0. The van der Waals surface area contributed by atoms with Crippen LogP contribution in [0.3, 0.4) is 0 Å². The Morgan fingerprint density at radius 3 is 0.232 bits per heavy atom. The van der Waals surface area contributed by atoms with E-state index in [1.165, 1.54) is 0 Å². The average molecular weight is 910 g/mol. The second-order valence-electron chi connectivity index (χ2n) is 33.0. The predicted octanol–water partition coefficient (Wildman–Crippen LogP) is 18.0. The van der Waals surface area contributed by atoms with Crippen LogP contribution in [-0.2, 0) is 0 Å². The lowest BCUT2D eigenvalue weighted by Gasteiger charge is -2.64. The maximum atomic E-state index is 2.91. The fourth-order valence-corrected chi connectivity index (χ4v) is 967. The number of hydrogen-bond donors (Lipinski definition) is 0. The second kappa shape index (κ2) is 11.9. The van der Waals surface area contributed by atoms with Crippen molar-refractivity contribution in [1.82, 2.24) is 0 Å². The first-order valence-electron chi connectivity index (χ1n) is 23.5. The summed E-state index contributed by atoms with van der Waals surface area (Å²) in [6.45, 7) is 105. The number of rotatable bonds is 4. The Labute approximate surface area is 362 Å². The van der Waals surface area contributed by atoms with Crippen molar-refractivity contribution in [3.05, 3.63) is 0 Å². The van der Waals surface area contributed by atoms with E-state index in [0.717, 1.165) is 0 Å². The summed E-state index contributed by atoms with van der Waals surface area (Å²) >= 11 is 0. The molecule has 0 aromatic carbocycles. The van der Waals surface area contributed by atoms with Gasteiger partial charge in [-0.2, -0.15) is 0 Å². The lowest BCUT2D eigenvalue weighted by atomic mass is 10.2. The molecular weight excluding hydrogens is 801 g/mol. The Balaban J connectivity index is 3.40. The molecule has 0 aromatic rings. The molecule has 0 amide bonds. The molecule has 56 heavy (non-hydrogen) atoms. The molecule has 0 bridgehead atoms. The van der Waals surface area contributed by atoms with Gasteiger partial charge in [0, 0.05) is 24.6 Å². The Kier molecular flexibility index (Phi) is 11.1. The van der Waals surface area contributed by atoms with Crippen LogP contribution in [-0.4, -0.2) is 54.9 Å². The summed E-state index contributed by atoms with van der Waals surface area (Å²) in [5.74, 6) is 0. The van der Waals surface area contributed by atoms with Crippen molar-refractivity contribution in [2.24, 2.45) is 0 Å². The van der Waals surface area contributed by atoms with Crippen LogP contribution in [0.2, 0.25) is 60.5 Å². The Morgan fingerprint density at radius 1 is 0.143 bits per heavy atom. The van der Waals surface area contributed by atoms with Gasteiger partial charge >= 0.3 is 0 Å². The first-order valence-corrected chi connectivity index (χ1v) is 49.5. The topological polar surface area (TPSA) is 0 Å². The molecular formula is C48H108Si8. The molecule has 4 aliphatic heterocycles. The molecule has 4 fully saturated rings. The van der Waals surface area contributed by atoms with Gasteiger partial charge in [0.05, 0.1) is 30.4 Å². The quantitative estimate of drug-likeness (QED) is 0.247. The zero-order valence-corrected chi connectivity index (χ0v) is 54.0. The third kappa shape index (κ3) is 4.54. The maximum absolute atomic E-state index is 2.91. The van der Waals surface area contributed by atoms with E-state index in [2.05, 4.69) is 249 Å². The minimum absolute atomic E-state index is 0.364. The molecule has 332 valence electrons. The summed E-state index contributed by atoms with van der Waals surface area (Å²) in [5, 5.41) is 4.37. The van der Waals surface area contributed by atoms with Crippen LogP contribution in [0.1, 0.15) is 249 Å². The Hall–Kier alpha value is 1.74. The van der Waals surface area contributed by atoms with Gasteiger partial charge in [-0.15, -0.1) is 0 Å². The van der Waals surface area contributed by atoms with Crippen LogP contribution in [0.25, 0.3) is 0 Å². The van der Waals surface area contributed by atoms with Crippen molar-refractivity contribution >= 4 is 54.9 Å². The molecule has 4 rings (SSSR count). The van der Waals surface area contributed by atoms with Crippen molar-refractivity contribution in [3.8, 4) is 0 Å². The molecule has 0 aliphatic carbocycles. The summed E-state index contributed by atoms with van der Waals surface area (Å²) in [6.07, 6.45) is -7.79. The van der Waals surface area contributed by atoms with Crippen molar-refractivity contribution in [3.63, 3.8) is 0 Å².